The molecule has 2 fully saturated rings. The van der Waals surface area contributed by atoms with Gasteiger partial charge in [0, 0.05) is 43.2 Å². The molecule has 2 aromatic heterocycles. The van der Waals surface area contributed by atoms with Crippen LogP contribution in [0.3, 0.4) is 0 Å². The van der Waals surface area contributed by atoms with E-state index >= 15 is 0 Å². The Morgan fingerprint density at radius 1 is 1.30 bits per heavy atom. The lowest BCUT2D eigenvalue weighted by atomic mass is 9.65. The van der Waals surface area contributed by atoms with E-state index in [9.17, 15) is 15.0 Å². The number of nitrogens with zero attached hydrogens (tertiary/aromatic N) is 4. The number of pyridine rings is 1. The quantitative estimate of drug-likeness (QED) is 0.498. The molecular formula is C20H28N6O4. The molecule has 0 bridgehead atoms. The number of H-pyrrole nitrogens is 1. The third-order valence-electron chi connectivity index (χ3n) is 6.48. The summed E-state index contributed by atoms with van der Waals surface area (Å²) < 4.78 is 5.35. The lowest BCUT2D eigenvalue weighted by Crippen LogP contribution is -2.55. The number of amides is 1. The summed E-state index contributed by atoms with van der Waals surface area (Å²) in [5, 5.41) is 30.7. The summed E-state index contributed by atoms with van der Waals surface area (Å²) >= 11 is 0. The Morgan fingerprint density at radius 3 is 2.83 bits per heavy atom. The van der Waals surface area contributed by atoms with Crippen molar-refractivity contribution in [3.63, 3.8) is 0 Å². The van der Waals surface area contributed by atoms with E-state index in [4.69, 9.17) is 4.74 Å². The smallest absolute Gasteiger partial charge is 0.224 e. The Morgan fingerprint density at radius 2 is 2.10 bits per heavy atom. The Kier molecular flexibility index (Phi) is 5.98. The highest BCUT2D eigenvalue weighted by atomic mass is 16.5. The van der Waals surface area contributed by atoms with E-state index in [2.05, 4.69) is 30.4 Å². The van der Waals surface area contributed by atoms with Crippen LogP contribution < -0.4 is 10.1 Å². The van der Waals surface area contributed by atoms with Crippen LogP contribution in [0.15, 0.2) is 24.7 Å². The fourth-order valence-corrected chi connectivity index (χ4v) is 4.99. The molecule has 0 spiro atoms. The maximum atomic E-state index is 13.0. The monoisotopic (exact) mass is 416 g/mol. The average molecular weight is 416 g/mol. The first-order valence-corrected chi connectivity index (χ1v) is 10.2. The van der Waals surface area contributed by atoms with Crippen molar-refractivity contribution in [2.24, 2.45) is 23.7 Å². The third kappa shape index (κ3) is 3.90. The summed E-state index contributed by atoms with van der Waals surface area (Å²) in [6.07, 6.45) is 1.27. The van der Waals surface area contributed by atoms with E-state index in [-0.39, 0.29) is 30.2 Å². The molecular weight excluding hydrogens is 388 g/mol. The molecule has 1 saturated heterocycles. The molecule has 1 aliphatic carbocycles. The zero-order valence-corrected chi connectivity index (χ0v) is 17.1. The van der Waals surface area contributed by atoms with Crippen LogP contribution in [-0.4, -0.2) is 73.6 Å². The van der Waals surface area contributed by atoms with Crippen molar-refractivity contribution in [2.45, 2.75) is 32.2 Å². The Bertz CT molecular complexity index is 863. The molecule has 0 aromatic carbocycles. The standard InChI is InChI=1S/C20H28N6O4/c1-11-16(19(29)22-6-15-23-10-24-25-15)13-8-26(9-14(13)18(28)17(11)27)7-12-4-3-5-21-20(12)30-2/h3-5,10-11,13-14,16-18,27-28H,6-9H2,1-2H3,(H,22,29)(H,23,24,25)/t11-,13+,14+,16+,17+,18+/m1/s1. The second-order valence-electron chi connectivity index (χ2n) is 8.21. The highest BCUT2D eigenvalue weighted by Gasteiger charge is 2.53. The van der Waals surface area contributed by atoms with Crippen LogP contribution in [0.5, 0.6) is 5.88 Å². The average Bonchev–Trinajstić information content (AvgIpc) is 3.41. The van der Waals surface area contributed by atoms with Crippen LogP contribution in [-0.2, 0) is 17.9 Å². The molecule has 1 aliphatic heterocycles. The van der Waals surface area contributed by atoms with Gasteiger partial charge in [-0.2, -0.15) is 5.10 Å². The molecule has 4 rings (SSSR count). The number of aromatic nitrogens is 4. The number of rotatable bonds is 6. The first-order chi connectivity index (χ1) is 14.5. The number of likely N-dealkylation sites (tertiary alicyclic amines) is 1. The first kappa shape index (κ1) is 20.7. The van der Waals surface area contributed by atoms with Gasteiger partial charge in [-0.3, -0.25) is 14.8 Å². The van der Waals surface area contributed by atoms with E-state index in [1.54, 1.807) is 13.3 Å². The van der Waals surface area contributed by atoms with Gasteiger partial charge in [0.1, 0.15) is 12.2 Å². The lowest BCUT2D eigenvalue weighted by molar-refractivity contribution is -0.146. The molecule has 0 radical (unpaired) electrons. The van der Waals surface area contributed by atoms with E-state index in [0.717, 1.165) is 5.56 Å². The van der Waals surface area contributed by atoms with Crippen LogP contribution in [0, 0.1) is 23.7 Å². The summed E-state index contributed by atoms with van der Waals surface area (Å²) in [5.41, 5.74) is 0.952. The minimum atomic E-state index is -0.944. The summed E-state index contributed by atoms with van der Waals surface area (Å²) in [4.78, 5) is 23.5. The van der Waals surface area contributed by atoms with E-state index in [1.807, 2.05) is 19.1 Å². The minimum absolute atomic E-state index is 0.0595. The highest BCUT2D eigenvalue weighted by Crippen LogP contribution is 2.44. The van der Waals surface area contributed by atoms with Crippen molar-refractivity contribution in [1.29, 1.82) is 0 Å². The van der Waals surface area contributed by atoms with Crippen LogP contribution >= 0.6 is 0 Å². The highest BCUT2D eigenvalue weighted by molar-refractivity contribution is 5.79. The van der Waals surface area contributed by atoms with Gasteiger partial charge in [-0.15, -0.1) is 0 Å². The van der Waals surface area contributed by atoms with Crippen LogP contribution in [0.2, 0.25) is 0 Å². The predicted octanol–water partition coefficient (Wildman–Crippen LogP) is -0.440. The Hall–Kier alpha value is -2.56. The fraction of sp³-hybridized carbons (Fsp3) is 0.600. The molecule has 1 amide bonds. The zero-order chi connectivity index (χ0) is 21.3. The molecule has 162 valence electrons. The molecule has 2 aliphatic rings. The summed E-state index contributed by atoms with van der Waals surface area (Å²) in [7, 11) is 1.59. The van der Waals surface area contributed by atoms with Gasteiger partial charge < -0.3 is 20.3 Å². The molecule has 1 saturated carbocycles. The van der Waals surface area contributed by atoms with Crippen LogP contribution in [0.4, 0.5) is 0 Å². The molecule has 0 unspecified atom stereocenters. The van der Waals surface area contributed by atoms with Gasteiger partial charge in [0.15, 0.2) is 0 Å². The third-order valence-corrected chi connectivity index (χ3v) is 6.48. The van der Waals surface area contributed by atoms with Gasteiger partial charge in [-0.25, -0.2) is 9.97 Å². The maximum absolute atomic E-state index is 13.0. The molecule has 10 nitrogen and oxygen atoms in total. The maximum Gasteiger partial charge on any atom is 0.224 e. The van der Waals surface area contributed by atoms with Crippen molar-refractivity contribution < 1.29 is 19.7 Å². The molecule has 3 heterocycles. The summed E-state index contributed by atoms with van der Waals surface area (Å²) in [5.74, 6) is 0.000608. The Balaban J connectivity index is 1.49. The second-order valence-corrected chi connectivity index (χ2v) is 8.21. The topological polar surface area (TPSA) is 136 Å². The lowest BCUT2D eigenvalue weighted by Gasteiger charge is -2.43. The van der Waals surface area contributed by atoms with Crippen molar-refractivity contribution in [2.75, 3.05) is 20.2 Å². The van der Waals surface area contributed by atoms with E-state index in [0.29, 0.717) is 31.3 Å². The number of carbonyl (C=O) groups is 1. The van der Waals surface area contributed by atoms with Crippen molar-refractivity contribution in [1.82, 2.24) is 30.4 Å². The summed E-state index contributed by atoms with van der Waals surface area (Å²) in [6, 6.07) is 3.82. The number of carbonyl (C=O) groups excluding carboxylic acids is 1. The number of fused-ring (bicyclic) bond motifs is 1. The van der Waals surface area contributed by atoms with Crippen molar-refractivity contribution in [3.8, 4) is 5.88 Å². The molecule has 30 heavy (non-hydrogen) atoms. The molecule has 4 N–H and O–H groups in total. The van der Waals surface area contributed by atoms with Gasteiger partial charge in [0.05, 0.1) is 25.9 Å². The van der Waals surface area contributed by atoms with E-state index < -0.39 is 18.1 Å². The predicted molar refractivity (Wildman–Crippen MR) is 106 cm³/mol. The number of hydrogen-bond donors (Lipinski definition) is 4. The van der Waals surface area contributed by atoms with E-state index in [1.165, 1.54) is 6.33 Å². The number of methoxy groups -OCH3 is 1. The van der Waals surface area contributed by atoms with Crippen molar-refractivity contribution >= 4 is 5.91 Å². The molecule has 10 heteroatoms. The van der Waals surface area contributed by atoms with Crippen LogP contribution in [0.25, 0.3) is 0 Å². The largest absolute Gasteiger partial charge is 0.481 e. The molecule has 2 aromatic rings. The number of hydrogen-bond acceptors (Lipinski definition) is 8. The Labute approximate surface area is 174 Å². The van der Waals surface area contributed by atoms with Gasteiger partial charge >= 0.3 is 0 Å². The number of ether oxygens (including phenoxy) is 1. The van der Waals surface area contributed by atoms with Crippen LogP contribution in [0.1, 0.15) is 18.3 Å². The summed E-state index contributed by atoms with van der Waals surface area (Å²) in [6.45, 7) is 3.93. The number of aliphatic hydroxyl groups is 2. The number of aromatic amines is 1. The molecule has 6 atom stereocenters. The first-order valence-electron chi connectivity index (χ1n) is 10.2. The number of aliphatic hydroxyl groups excluding tert-OH is 2. The van der Waals surface area contributed by atoms with Crippen molar-refractivity contribution in [3.05, 3.63) is 36.0 Å². The second kappa shape index (κ2) is 8.66. The number of nitrogens with one attached hydrogen (secondary N) is 2. The van der Waals surface area contributed by atoms with Gasteiger partial charge in [0.2, 0.25) is 11.8 Å². The van der Waals surface area contributed by atoms with Gasteiger partial charge in [-0.05, 0) is 17.9 Å². The fourth-order valence-electron chi connectivity index (χ4n) is 4.99. The SMILES string of the molecule is COc1ncccc1CN1C[C@@H]2[C@H](O)[C@@H](O)[C@H](C)[C@H](C(=O)NCc3ncn[nH]3)[C@H]2C1. The van der Waals surface area contributed by atoms with Gasteiger partial charge in [0.25, 0.3) is 0 Å². The zero-order valence-electron chi connectivity index (χ0n) is 17.1. The minimum Gasteiger partial charge on any atom is -0.481 e. The van der Waals surface area contributed by atoms with Gasteiger partial charge in [-0.1, -0.05) is 13.0 Å². The normalized spacial score (nSPS) is 31.3.